The van der Waals surface area contributed by atoms with Crippen LogP contribution in [0.4, 0.5) is 4.39 Å². The molecule has 0 saturated heterocycles. The number of carbonyl (C=O) groups is 1. The fraction of sp³-hybridized carbons (Fsp3) is 0.154. The Morgan fingerprint density at radius 3 is 2.72 bits per heavy atom. The summed E-state index contributed by atoms with van der Waals surface area (Å²) in [4.78, 5) is 28.8. The molecule has 10 heteroatoms. The number of benzene rings is 3. The lowest BCUT2D eigenvalue weighted by molar-refractivity contribution is 0.0714. The summed E-state index contributed by atoms with van der Waals surface area (Å²) < 4.78 is 36.3. The number of rotatable bonds is 4. The van der Waals surface area contributed by atoms with Gasteiger partial charge in [-0.15, -0.1) is 0 Å². The zero-order valence-electron chi connectivity index (χ0n) is 18.7. The van der Waals surface area contributed by atoms with Crippen LogP contribution >= 0.6 is 15.9 Å². The van der Waals surface area contributed by atoms with Crippen LogP contribution < -0.4 is 19.6 Å². The molecule has 3 heterocycles. The number of aromatic hydroxyl groups is 1. The van der Waals surface area contributed by atoms with Gasteiger partial charge in [0.1, 0.15) is 11.4 Å². The van der Waals surface area contributed by atoms with Gasteiger partial charge in [0.05, 0.1) is 28.6 Å². The second-order valence-electron chi connectivity index (χ2n) is 8.39. The summed E-state index contributed by atoms with van der Waals surface area (Å²) in [6, 6.07) is 11.2. The number of nitrogens with zero attached hydrogens (tertiary/aromatic N) is 1. The van der Waals surface area contributed by atoms with Crippen molar-refractivity contribution in [2.24, 2.45) is 0 Å². The Balaban J connectivity index is 1.56. The average Bonchev–Trinajstić information content (AvgIpc) is 3.44. The number of phenols is 1. The molecule has 36 heavy (non-hydrogen) atoms. The Labute approximate surface area is 211 Å². The van der Waals surface area contributed by atoms with E-state index in [0.717, 1.165) is 11.6 Å². The SMILES string of the molecule is COc1cc(C2c3c(oc4ccc(F)cc4c3=O)C(=O)N2Cc2ccc3c(c2)OCO3)cc(Br)c1O. The number of hydrogen-bond acceptors (Lipinski definition) is 7. The molecule has 3 aromatic carbocycles. The van der Waals surface area contributed by atoms with Gasteiger partial charge in [-0.3, -0.25) is 9.59 Å². The van der Waals surface area contributed by atoms with Crippen molar-refractivity contribution in [2.75, 3.05) is 13.9 Å². The van der Waals surface area contributed by atoms with Gasteiger partial charge in [-0.25, -0.2) is 4.39 Å². The molecule has 0 saturated carbocycles. The van der Waals surface area contributed by atoms with Gasteiger partial charge in [-0.05, 0) is 69.5 Å². The molecule has 1 unspecified atom stereocenters. The summed E-state index contributed by atoms with van der Waals surface area (Å²) >= 11 is 3.31. The van der Waals surface area contributed by atoms with Crippen molar-refractivity contribution in [3.63, 3.8) is 0 Å². The third-order valence-corrected chi connectivity index (χ3v) is 6.91. The van der Waals surface area contributed by atoms with Crippen molar-refractivity contribution in [3.8, 4) is 23.0 Å². The third-order valence-electron chi connectivity index (χ3n) is 6.30. The highest BCUT2D eigenvalue weighted by Gasteiger charge is 2.43. The number of methoxy groups -OCH3 is 1. The highest BCUT2D eigenvalue weighted by Crippen LogP contribution is 2.44. The molecule has 6 rings (SSSR count). The maximum Gasteiger partial charge on any atom is 0.291 e. The van der Waals surface area contributed by atoms with Crippen LogP contribution in [0.15, 0.2) is 62.2 Å². The Morgan fingerprint density at radius 1 is 1.11 bits per heavy atom. The maximum absolute atomic E-state index is 14.0. The fourth-order valence-corrected chi connectivity index (χ4v) is 5.11. The van der Waals surface area contributed by atoms with Gasteiger partial charge in [0.2, 0.25) is 12.6 Å². The monoisotopic (exact) mass is 553 g/mol. The van der Waals surface area contributed by atoms with Gasteiger partial charge >= 0.3 is 0 Å². The fourth-order valence-electron chi connectivity index (χ4n) is 4.65. The van der Waals surface area contributed by atoms with E-state index in [-0.39, 0.29) is 47.1 Å². The number of phenolic OH excluding ortho intramolecular Hbond substituents is 1. The van der Waals surface area contributed by atoms with E-state index in [2.05, 4.69) is 15.9 Å². The molecule has 0 aliphatic carbocycles. The van der Waals surface area contributed by atoms with E-state index in [9.17, 15) is 19.1 Å². The summed E-state index contributed by atoms with van der Waals surface area (Å²) in [5.74, 6) is -0.0318. The molecular weight excluding hydrogens is 537 g/mol. The Hall–Kier alpha value is -4.05. The summed E-state index contributed by atoms with van der Waals surface area (Å²) in [5.41, 5.74) is 0.909. The minimum absolute atomic E-state index is 0.0290. The van der Waals surface area contributed by atoms with Crippen LogP contribution in [-0.2, 0) is 6.54 Å². The first-order valence-electron chi connectivity index (χ1n) is 10.9. The molecule has 8 nitrogen and oxygen atoms in total. The number of halogens is 2. The van der Waals surface area contributed by atoms with Crippen molar-refractivity contribution in [1.29, 1.82) is 0 Å². The molecule has 0 spiro atoms. The molecule has 0 bridgehead atoms. The first-order valence-corrected chi connectivity index (χ1v) is 11.7. The van der Waals surface area contributed by atoms with E-state index in [1.54, 1.807) is 30.3 Å². The molecule has 1 atom stereocenters. The molecule has 4 aromatic rings. The number of fused-ring (bicyclic) bond motifs is 3. The number of ether oxygens (including phenoxy) is 3. The van der Waals surface area contributed by atoms with Crippen molar-refractivity contribution in [3.05, 3.63) is 91.5 Å². The smallest absolute Gasteiger partial charge is 0.291 e. The predicted molar refractivity (Wildman–Crippen MR) is 129 cm³/mol. The van der Waals surface area contributed by atoms with Gasteiger partial charge in [-0.2, -0.15) is 0 Å². The van der Waals surface area contributed by atoms with Gasteiger partial charge in [0, 0.05) is 6.54 Å². The molecule has 1 amide bonds. The first kappa shape index (κ1) is 22.4. The number of hydrogen-bond donors (Lipinski definition) is 1. The lowest BCUT2D eigenvalue weighted by atomic mass is 9.97. The summed E-state index contributed by atoms with van der Waals surface area (Å²) in [7, 11) is 1.40. The largest absolute Gasteiger partial charge is 0.503 e. The molecule has 0 radical (unpaired) electrons. The lowest BCUT2D eigenvalue weighted by Crippen LogP contribution is -2.29. The van der Waals surface area contributed by atoms with Crippen molar-refractivity contribution >= 4 is 32.8 Å². The van der Waals surface area contributed by atoms with E-state index < -0.39 is 23.2 Å². The van der Waals surface area contributed by atoms with Crippen molar-refractivity contribution in [2.45, 2.75) is 12.6 Å². The van der Waals surface area contributed by atoms with Crippen LogP contribution in [0.25, 0.3) is 11.0 Å². The van der Waals surface area contributed by atoms with E-state index >= 15 is 0 Å². The zero-order valence-corrected chi connectivity index (χ0v) is 20.3. The zero-order chi connectivity index (χ0) is 25.1. The Kier molecular flexibility index (Phi) is 5.15. The van der Waals surface area contributed by atoms with E-state index in [0.29, 0.717) is 21.5 Å². The normalized spacial score (nSPS) is 16.0. The second kappa shape index (κ2) is 8.27. The van der Waals surface area contributed by atoms with Crippen LogP contribution in [0, 0.1) is 5.82 Å². The minimum atomic E-state index is -0.896. The van der Waals surface area contributed by atoms with Crippen molar-refractivity contribution < 1.29 is 32.9 Å². The van der Waals surface area contributed by atoms with Gasteiger partial charge in [0.25, 0.3) is 5.91 Å². The lowest BCUT2D eigenvalue weighted by Gasteiger charge is -2.26. The highest BCUT2D eigenvalue weighted by atomic mass is 79.9. The van der Waals surface area contributed by atoms with Crippen LogP contribution in [0.1, 0.15) is 33.3 Å². The topological polar surface area (TPSA) is 98.4 Å². The average molecular weight is 554 g/mol. The Bertz CT molecular complexity index is 1630. The molecule has 1 N–H and O–H groups in total. The summed E-state index contributed by atoms with van der Waals surface area (Å²) in [5, 5.41) is 10.4. The molecule has 1 aromatic heterocycles. The van der Waals surface area contributed by atoms with Crippen LogP contribution in [0.2, 0.25) is 0 Å². The second-order valence-corrected chi connectivity index (χ2v) is 9.25. The van der Waals surface area contributed by atoms with Crippen molar-refractivity contribution in [1.82, 2.24) is 4.90 Å². The first-order chi connectivity index (χ1) is 17.4. The van der Waals surface area contributed by atoms with Crippen LogP contribution in [0.5, 0.6) is 23.0 Å². The highest BCUT2D eigenvalue weighted by molar-refractivity contribution is 9.10. The molecule has 0 fully saturated rings. The molecule has 2 aliphatic heterocycles. The van der Waals surface area contributed by atoms with Crippen LogP contribution in [-0.4, -0.2) is 29.8 Å². The van der Waals surface area contributed by atoms with E-state index in [4.69, 9.17) is 18.6 Å². The number of carbonyl (C=O) groups excluding carboxylic acids is 1. The maximum atomic E-state index is 14.0. The quantitative estimate of drug-likeness (QED) is 0.384. The van der Waals surface area contributed by atoms with E-state index in [1.165, 1.54) is 24.1 Å². The summed E-state index contributed by atoms with van der Waals surface area (Å²) in [6.07, 6.45) is 0. The molecule has 2 aliphatic rings. The van der Waals surface area contributed by atoms with Gasteiger partial charge in [-0.1, -0.05) is 6.07 Å². The van der Waals surface area contributed by atoms with E-state index in [1.807, 2.05) is 0 Å². The van der Waals surface area contributed by atoms with Crippen LogP contribution in [0.3, 0.4) is 0 Å². The Morgan fingerprint density at radius 2 is 1.92 bits per heavy atom. The third kappa shape index (κ3) is 3.40. The summed E-state index contributed by atoms with van der Waals surface area (Å²) in [6.45, 7) is 0.216. The van der Waals surface area contributed by atoms with Gasteiger partial charge < -0.3 is 28.6 Å². The molecular formula is C26H17BrFNO7. The van der Waals surface area contributed by atoms with Gasteiger partial charge in [0.15, 0.2) is 28.4 Å². The number of amides is 1. The minimum Gasteiger partial charge on any atom is -0.503 e. The standard InChI is InChI=1S/C26H17BrFNO7/c1-33-20-8-13(7-16(27)24(20)31)22-21-23(30)15-9-14(28)3-5-17(15)36-25(21)26(32)29(22)10-12-2-4-18-19(6-12)35-11-34-18/h2-9,22,31H,10-11H2,1H3. The predicted octanol–water partition coefficient (Wildman–Crippen LogP) is 4.88. The molecule has 182 valence electrons.